The third-order valence-corrected chi connectivity index (χ3v) is 3.14. The Morgan fingerprint density at radius 1 is 1.14 bits per heavy atom. The fraction of sp³-hybridized carbons (Fsp3) is 0. The summed E-state index contributed by atoms with van der Waals surface area (Å²) < 4.78 is 0. The predicted octanol–water partition coefficient (Wildman–Crippen LogP) is 2.77. The molecule has 3 aromatic rings. The first-order valence-electron chi connectivity index (χ1n) is 6.57. The third-order valence-electron chi connectivity index (χ3n) is 3.14. The largest absolute Gasteiger partial charge is 0.478 e. The molecule has 0 spiro atoms. The molecule has 108 valence electrons. The fourth-order valence-corrected chi connectivity index (χ4v) is 2.08. The Kier molecular flexibility index (Phi) is 3.74. The Bertz CT molecular complexity index is 856. The molecular formula is C16H12N4O2. The minimum absolute atomic E-state index is 0.192. The number of hydrogen-bond donors (Lipinski definition) is 2. The van der Waals surface area contributed by atoms with E-state index in [1.807, 2.05) is 24.3 Å². The molecule has 6 heteroatoms. The van der Waals surface area contributed by atoms with Crippen LogP contribution in [0.15, 0.2) is 59.8 Å². The maximum Gasteiger partial charge on any atom is 0.336 e. The summed E-state index contributed by atoms with van der Waals surface area (Å²) >= 11 is 0. The summed E-state index contributed by atoms with van der Waals surface area (Å²) in [5, 5.41) is 22.9. The minimum Gasteiger partial charge on any atom is -0.478 e. The summed E-state index contributed by atoms with van der Waals surface area (Å²) in [6, 6.07) is 14.3. The first-order chi connectivity index (χ1) is 10.8. The number of rotatable bonds is 4. The molecule has 0 aliphatic heterocycles. The number of carboxylic acid groups (broad SMARTS) is 1. The average Bonchev–Trinajstić information content (AvgIpc) is 2.55. The molecule has 0 bridgehead atoms. The van der Waals surface area contributed by atoms with Gasteiger partial charge in [-0.25, -0.2) is 4.79 Å². The Labute approximate surface area is 126 Å². The third kappa shape index (κ3) is 2.76. The van der Waals surface area contributed by atoms with Crippen LogP contribution in [0.4, 0.5) is 5.82 Å². The van der Waals surface area contributed by atoms with Crippen molar-refractivity contribution in [3.05, 3.63) is 65.9 Å². The van der Waals surface area contributed by atoms with E-state index >= 15 is 0 Å². The van der Waals surface area contributed by atoms with Gasteiger partial charge in [0.15, 0.2) is 5.82 Å². The highest BCUT2D eigenvalue weighted by Gasteiger charge is 2.06. The second-order valence-electron chi connectivity index (χ2n) is 4.54. The number of aromatic nitrogens is 2. The zero-order valence-electron chi connectivity index (χ0n) is 11.5. The van der Waals surface area contributed by atoms with Crippen molar-refractivity contribution >= 4 is 28.8 Å². The highest BCUT2D eigenvalue weighted by molar-refractivity contribution is 5.98. The summed E-state index contributed by atoms with van der Waals surface area (Å²) in [6.07, 6.45) is 3.12. The van der Waals surface area contributed by atoms with Crippen LogP contribution in [0.1, 0.15) is 15.9 Å². The molecule has 2 aromatic carbocycles. The Morgan fingerprint density at radius 3 is 2.77 bits per heavy atom. The van der Waals surface area contributed by atoms with Gasteiger partial charge in [-0.2, -0.15) is 10.2 Å². The Balaban J connectivity index is 1.87. The van der Waals surface area contributed by atoms with E-state index in [2.05, 4.69) is 20.7 Å². The molecule has 0 atom stereocenters. The first kappa shape index (κ1) is 13.7. The monoisotopic (exact) mass is 292 g/mol. The van der Waals surface area contributed by atoms with Gasteiger partial charge >= 0.3 is 5.97 Å². The number of hydrogen-bond acceptors (Lipinski definition) is 5. The van der Waals surface area contributed by atoms with Crippen LogP contribution in [-0.2, 0) is 0 Å². The van der Waals surface area contributed by atoms with Crippen molar-refractivity contribution in [2.45, 2.75) is 0 Å². The van der Waals surface area contributed by atoms with E-state index in [0.29, 0.717) is 11.4 Å². The first-order valence-corrected chi connectivity index (χ1v) is 6.57. The summed E-state index contributed by atoms with van der Waals surface area (Å²) in [6.45, 7) is 0. The van der Waals surface area contributed by atoms with E-state index in [4.69, 9.17) is 5.11 Å². The SMILES string of the molecule is O=C(O)c1ccccc1/C=N\Nc1nncc2ccccc12. The van der Waals surface area contributed by atoms with Gasteiger partial charge in [0.05, 0.1) is 18.0 Å². The van der Waals surface area contributed by atoms with Crippen molar-refractivity contribution in [3.8, 4) is 0 Å². The van der Waals surface area contributed by atoms with Gasteiger partial charge in [-0.1, -0.05) is 42.5 Å². The fourth-order valence-electron chi connectivity index (χ4n) is 2.08. The van der Waals surface area contributed by atoms with E-state index in [-0.39, 0.29) is 5.56 Å². The molecule has 1 aromatic heterocycles. The minimum atomic E-state index is -0.994. The van der Waals surface area contributed by atoms with E-state index in [1.54, 1.807) is 24.4 Å². The second kappa shape index (κ2) is 6.01. The Morgan fingerprint density at radius 2 is 1.91 bits per heavy atom. The molecule has 0 fully saturated rings. The zero-order chi connectivity index (χ0) is 15.4. The number of carbonyl (C=O) groups is 1. The lowest BCUT2D eigenvalue weighted by molar-refractivity contribution is 0.0697. The van der Waals surface area contributed by atoms with Crippen molar-refractivity contribution in [3.63, 3.8) is 0 Å². The van der Waals surface area contributed by atoms with Gasteiger partial charge < -0.3 is 5.11 Å². The summed E-state index contributed by atoms with van der Waals surface area (Å²) in [7, 11) is 0. The van der Waals surface area contributed by atoms with Gasteiger partial charge in [-0.3, -0.25) is 5.43 Å². The topological polar surface area (TPSA) is 87.5 Å². The molecule has 1 heterocycles. The van der Waals surface area contributed by atoms with Crippen molar-refractivity contribution in [2.24, 2.45) is 5.10 Å². The average molecular weight is 292 g/mol. The molecule has 3 rings (SSSR count). The number of nitrogens with zero attached hydrogens (tertiary/aromatic N) is 3. The van der Waals surface area contributed by atoms with Gasteiger partial charge in [0, 0.05) is 16.3 Å². The van der Waals surface area contributed by atoms with Crippen LogP contribution in [0.25, 0.3) is 10.8 Å². The maximum atomic E-state index is 11.1. The van der Waals surface area contributed by atoms with E-state index < -0.39 is 5.97 Å². The summed E-state index contributed by atoms with van der Waals surface area (Å²) in [4.78, 5) is 11.1. The summed E-state index contributed by atoms with van der Waals surface area (Å²) in [5.74, 6) is -0.478. The molecule has 0 saturated heterocycles. The lowest BCUT2D eigenvalue weighted by Gasteiger charge is -2.03. The predicted molar refractivity (Wildman–Crippen MR) is 84.2 cm³/mol. The van der Waals surface area contributed by atoms with Crippen LogP contribution in [-0.4, -0.2) is 27.5 Å². The van der Waals surface area contributed by atoms with Gasteiger partial charge in [0.2, 0.25) is 0 Å². The number of anilines is 1. The van der Waals surface area contributed by atoms with Crippen molar-refractivity contribution < 1.29 is 9.90 Å². The molecule has 0 amide bonds. The van der Waals surface area contributed by atoms with E-state index in [1.165, 1.54) is 12.3 Å². The number of nitrogens with one attached hydrogen (secondary N) is 1. The van der Waals surface area contributed by atoms with Crippen molar-refractivity contribution in [1.82, 2.24) is 10.2 Å². The Hall–Kier alpha value is -3.28. The van der Waals surface area contributed by atoms with Crippen LogP contribution >= 0.6 is 0 Å². The van der Waals surface area contributed by atoms with Crippen LogP contribution in [0.2, 0.25) is 0 Å². The maximum absolute atomic E-state index is 11.1. The van der Waals surface area contributed by atoms with Crippen LogP contribution in [0.5, 0.6) is 0 Å². The zero-order valence-corrected chi connectivity index (χ0v) is 11.5. The molecule has 0 radical (unpaired) electrons. The van der Waals surface area contributed by atoms with E-state index in [0.717, 1.165) is 10.8 Å². The number of fused-ring (bicyclic) bond motifs is 1. The van der Waals surface area contributed by atoms with Gasteiger partial charge in [0.1, 0.15) is 0 Å². The van der Waals surface area contributed by atoms with Crippen molar-refractivity contribution in [1.29, 1.82) is 0 Å². The smallest absolute Gasteiger partial charge is 0.336 e. The molecule has 0 aliphatic rings. The normalized spacial score (nSPS) is 10.9. The number of hydrazone groups is 1. The van der Waals surface area contributed by atoms with E-state index in [9.17, 15) is 4.79 Å². The highest BCUT2D eigenvalue weighted by Crippen LogP contribution is 2.19. The molecular weight excluding hydrogens is 280 g/mol. The quantitative estimate of drug-likeness (QED) is 0.570. The molecule has 2 N–H and O–H groups in total. The molecule has 0 aliphatic carbocycles. The molecule has 0 unspecified atom stereocenters. The van der Waals surface area contributed by atoms with Crippen LogP contribution in [0.3, 0.4) is 0 Å². The lowest BCUT2D eigenvalue weighted by Crippen LogP contribution is -2.02. The number of carboxylic acids is 1. The molecule has 0 saturated carbocycles. The highest BCUT2D eigenvalue weighted by atomic mass is 16.4. The molecule has 22 heavy (non-hydrogen) atoms. The molecule has 6 nitrogen and oxygen atoms in total. The number of benzene rings is 2. The van der Waals surface area contributed by atoms with Gasteiger partial charge in [-0.05, 0) is 6.07 Å². The van der Waals surface area contributed by atoms with Gasteiger partial charge in [0.25, 0.3) is 0 Å². The summed E-state index contributed by atoms with van der Waals surface area (Å²) in [5.41, 5.74) is 3.51. The van der Waals surface area contributed by atoms with Crippen LogP contribution in [0, 0.1) is 0 Å². The van der Waals surface area contributed by atoms with Crippen molar-refractivity contribution in [2.75, 3.05) is 5.43 Å². The van der Waals surface area contributed by atoms with Gasteiger partial charge in [-0.15, -0.1) is 5.10 Å². The van der Waals surface area contributed by atoms with Crippen LogP contribution < -0.4 is 5.43 Å². The lowest BCUT2D eigenvalue weighted by atomic mass is 10.1. The number of aromatic carboxylic acids is 1. The second-order valence-corrected chi connectivity index (χ2v) is 4.54. The standard InChI is InChI=1S/C16H12N4O2/c21-16(22)14-8-4-2-6-12(14)10-18-20-15-13-7-3-1-5-11(13)9-17-19-15/h1-10H,(H,19,20)(H,21,22)/b18-10-.